The number of rotatable bonds is 4. The summed E-state index contributed by atoms with van der Waals surface area (Å²) in [5.74, 6) is 0.217. The fraction of sp³-hybridized carbons (Fsp3) is 0.562. The Hall–Kier alpha value is -1.56. The first-order valence-corrected chi connectivity index (χ1v) is 9.61. The fourth-order valence-corrected chi connectivity index (χ4v) is 5.07. The normalized spacial score (nSPS) is 26.0. The molecule has 2 aliphatic heterocycles. The Morgan fingerprint density at radius 3 is 2.86 bits per heavy atom. The topological polar surface area (TPSA) is 66.5 Å². The van der Waals surface area contributed by atoms with E-state index in [1.807, 2.05) is 12.1 Å². The number of benzene rings is 1. The van der Waals surface area contributed by atoms with E-state index in [0.29, 0.717) is 25.4 Å². The van der Waals surface area contributed by atoms with Gasteiger partial charge in [-0.2, -0.15) is 0 Å². The lowest BCUT2D eigenvalue weighted by atomic mass is 10.1. The monoisotopic (exact) mass is 322 g/mol. The van der Waals surface area contributed by atoms with Gasteiger partial charge in [0.25, 0.3) is 0 Å². The molecule has 6 heteroatoms. The molecular weight excluding hydrogens is 300 g/mol. The molecule has 1 saturated heterocycles. The van der Waals surface area contributed by atoms with Gasteiger partial charge in [-0.3, -0.25) is 4.79 Å². The van der Waals surface area contributed by atoms with E-state index in [9.17, 15) is 13.2 Å². The van der Waals surface area contributed by atoms with Gasteiger partial charge in [-0.25, -0.2) is 8.42 Å². The molecule has 1 fully saturated rings. The van der Waals surface area contributed by atoms with Crippen molar-refractivity contribution in [1.82, 2.24) is 5.32 Å². The van der Waals surface area contributed by atoms with Crippen LogP contribution >= 0.6 is 0 Å². The van der Waals surface area contributed by atoms with Crippen molar-refractivity contribution in [3.8, 4) is 0 Å². The number of fused-ring (bicyclic) bond motifs is 1. The van der Waals surface area contributed by atoms with E-state index in [1.165, 1.54) is 11.3 Å². The Bertz CT molecular complexity index is 672. The Morgan fingerprint density at radius 2 is 2.14 bits per heavy atom. The molecule has 2 atom stereocenters. The van der Waals surface area contributed by atoms with E-state index in [2.05, 4.69) is 29.3 Å². The molecule has 1 aromatic rings. The number of nitrogens with one attached hydrogen (secondary N) is 1. The lowest BCUT2D eigenvalue weighted by Crippen LogP contribution is -2.39. The molecule has 3 rings (SSSR count). The van der Waals surface area contributed by atoms with Gasteiger partial charge < -0.3 is 10.2 Å². The lowest BCUT2D eigenvalue weighted by molar-refractivity contribution is -0.121. The van der Waals surface area contributed by atoms with Crippen molar-refractivity contribution >= 4 is 21.4 Å². The van der Waals surface area contributed by atoms with Gasteiger partial charge in [0.1, 0.15) is 0 Å². The molecule has 2 unspecified atom stereocenters. The minimum absolute atomic E-state index is 0.0568. The molecule has 2 aliphatic rings. The molecule has 0 radical (unpaired) electrons. The highest BCUT2D eigenvalue weighted by Gasteiger charge is 2.29. The highest BCUT2D eigenvalue weighted by Crippen LogP contribution is 2.31. The van der Waals surface area contributed by atoms with E-state index in [0.717, 1.165) is 6.42 Å². The predicted octanol–water partition coefficient (Wildman–Crippen LogP) is 1.13. The van der Waals surface area contributed by atoms with Crippen molar-refractivity contribution in [1.29, 1.82) is 0 Å². The van der Waals surface area contributed by atoms with Gasteiger partial charge in [-0.15, -0.1) is 0 Å². The van der Waals surface area contributed by atoms with E-state index in [4.69, 9.17) is 0 Å². The summed E-state index contributed by atoms with van der Waals surface area (Å²) in [5.41, 5.74) is 2.54. The van der Waals surface area contributed by atoms with Crippen molar-refractivity contribution in [2.45, 2.75) is 38.3 Å². The molecule has 1 aromatic carbocycles. The molecule has 120 valence electrons. The van der Waals surface area contributed by atoms with Gasteiger partial charge in [0, 0.05) is 30.7 Å². The second kappa shape index (κ2) is 5.91. The molecule has 22 heavy (non-hydrogen) atoms. The standard InChI is InChI=1S/C16H22N2O3S/c1-12-10-13-4-2-3-5-15(13)18(12)8-6-16(19)17-14-7-9-22(20,21)11-14/h2-5,12,14H,6-11H2,1H3,(H,17,19). The van der Waals surface area contributed by atoms with E-state index >= 15 is 0 Å². The van der Waals surface area contributed by atoms with Crippen molar-refractivity contribution in [2.75, 3.05) is 23.0 Å². The third kappa shape index (κ3) is 3.27. The summed E-state index contributed by atoms with van der Waals surface area (Å²) in [5, 5.41) is 2.85. The molecule has 0 bridgehead atoms. The molecule has 1 amide bonds. The molecule has 0 aromatic heterocycles. The summed E-state index contributed by atoms with van der Waals surface area (Å²) in [7, 11) is -2.95. The maximum absolute atomic E-state index is 12.1. The minimum Gasteiger partial charge on any atom is -0.368 e. The Balaban J connectivity index is 1.53. The smallest absolute Gasteiger partial charge is 0.222 e. The van der Waals surface area contributed by atoms with Gasteiger partial charge in [0.05, 0.1) is 11.5 Å². The summed E-state index contributed by atoms with van der Waals surface area (Å²) >= 11 is 0. The van der Waals surface area contributed by atoms with Crippen molar-refractivity contribution in [2.24, 2.45) is 0 Å². The highest BCUT2D eigenvalue weighted by atomic mass is 32.2. The zero-order valence-corrected chi connectivity index (χ0v) is 13.6. The number of amides is 1. The Labute approximate surface area is 131 Å². The number of nitrogens with zero attached hydrogens (tertiary/aromatic N) is 1. The average Bonchev–Trinajstić information content (AvgIpc) is 2.95. The summed E-state index contributed by atoms with van der Waals surface area (Å²) in [6, 6.07) is 8.49. The SMILES string of the molecule is CC1Cc2ccccc2N1CCC(=O)NC1CCS(=O)(=O)C1. The van der Waals surface area contributed by atoms with E-state index in [1.54, 1.807) is 0 Å². The van der Waals surface area contributed by atoms with E-state index < -0.39 is 9.84 Å². The quantitative estimate of drug-likeness (QED) is 0.902. The fourth-order valence-electron chi connectivity index (χ4n) is 3.40. The number of sulfone groups is 1. The van der Waals surface area contributed by atoms with Crippen LogP contribution in [0.2, 0.25) is 0 Å². The molecular formula is C16H22N2O3S. The van der Waals surface area contributed by atoms with Crippen LogP contribution in [-0.4, -0.2) is 44.5 Å². The van der Waals surface area contributed by atoms with Crippen LogP contribution in [0.15, 0.2) is 24.3 Å². The molecule has 1 N–H and O–H groups in total. The third-order valence-electron chi connectivity index (χ3n) is 4.53. The van der Waals surface area contributed by atoms with Crippen LogP contribution in [-0.2, 0) is 21.1 Å². The Morgan fingerprint density at radius 1 is 1.36 bits per heavy atom. The zero-order valence-electron chi connectivity index (χ0n) is 12.8. The van der Waals surface area contributed by atoms with Gasteiger partial charge in [-0.05, 0) is 31.4 Å². The van der Waals surface area contributed by atoms with Crippen molar-refractivity contribution in [3.63, 3.8) is 0 Å². The highest BCUT2D eigenvalue weighted by molar-refractivity contribution is 7.91. The number of hydrogen-bond acceptors (Lipinski definition) is 4. The number of carbonyl (C=O) groups is 1. The summed E-state index contributed by atoms with van der Waals surface area (Å²) in [4.78, 5) is 14.3. The first-order valence-electron chi connectivity index (χ1n) is 7.79. The van der Waals surface area contributed by atoms with Crippen LogP contribution in [0, 0.1) is 0 Å². The third-order valence-corrected chi connectivity index (χ3v) is 6.29. The maximum Gasteiger partial charge on any atom is 0.222 e. The zero-order chi connectivity index (χ0) is 15.7. The second-order valence-corrected chi connectivity index (χ2v) is 8.52. The van der Waals surface area contributed by atoms with Gasteiger partial charge in [0.2, 0.25) is 5.91 Å². The largest absolute Gasteiger partial charge is 0.368 e. The van der Waals surface area contributed by atoms with Gasteiger partial charge in [0.15, 0.2) is 9.84 Å². The second-order valence-electron chi connectivity index (χ2n) is 6.29. The van der Waals surface area contributed by atoms with E-state index in [-0.39, 0.29) is 23.5 Å². The molecule has 0 aliphatic carbocycles. The minimum atomic E-state index is -2.95. The van der Waals surface area contributed by atoms with Crippen LogP contribution in [0.4, 0.5) is 5.69 Å². The van der Waals surface area contributed by atoms with Gasteiger partial charge >= 0.3 is 0 Å². The van der Waals surface area contributed by atoms with Gasteiger partial charge in [-0.1, -0.05) is 18.2 Å². The van der Waals surface area contributed by atoms with Crippen LogP contribution in [0.1, 0.15) is 25.3 Å². The molecule has 5 nitrogen and oxygen atoms in total. The van der Waals surface area contributed by atoms with Crippen LogP contribution in [0.25, 0.3) is 0 Å². The van der Waals surface area contributed by atoms with Crippen LogP contribution in [0.5, 0.6) is 0 Å². The Kier molecular flexibility index (Phi) is 4.12. The van der Waals surface area contributed by atoms with Crippen LogP contribution in [0.3, 0.4) is 0 Å². The first-order chi connectivity index (χ1) is 10.4. The number of hydrogen-bond donors (Lipinski definition) is 1. The lowest BCUT2D eigenvalue weighted by Gasteiger charge is -2.25. The number of carbonyl (C=O) groups excluding carboxylic acids is 1. The summed E-state index contributed by atoms with van der Waals surface area (Å²) in [6.45, 7) is 2.84. The first kappa shape index (κ1) is 15.3. The van der Waals surface area contributed by atoms with Crippen molar-refractivity contribution < 1.29 is 13.2 Å². The van der Waals surface area contributed by atoms with Crippen molar-refractivity contribution in [3.05, 3.63) is 29.8 Å². The maximum atomic E-state index is 12.1. The molecule has 2 heterocycles. The van der Waals surface area contributed by atoms with Crippen LogP contribution < -0.4 is 10.2 Å². The predicted molar refractivity (Wildman–Crippen MR) is 86.8 cm³/mol. The number of para-hydroxylation sites is 1. The summed E-state index contributed by atoms with van der Waals surface area (Å²) < 4.78 is 22.8. The average molecular weight is 322 g/mol. The molecule has 0 spiro atoms. The summed E-state index contributed by atoms with van der Waals surface area (Å²) in [6.07, 6.45) is 1.95. The molecule has 0 saturated carbocycles. The number of anilines is 1.